The molecule has 0 aliphatic heterocycles. The molecule has 2 aromatic rings. The number of rotatable bonds is 5. The van der Waals surface area contributed by atoms with Gasteiger partial charge in [0.15, 0.2) is 0 Å². The zero-order chi connectivity index (χ0) is 14.5. The van der Waals surface area contributed by atoms with E-state index in [4.69, 9.17) is 9.26 Å². The van der Waals surface area contributed by atoms with Crippen LogP contribution in [0.15, 0.2) is 33.7 Å². The molecule has 0 N–H and O–H groups in total. The summed E-state index contributed by atoms with van der Waals surface area (Å²) in [5.41, 5.74) is 3.01. The maximum Gasteiger partial charge on any atom is 0.310 e. The molecule has 106 valence electrons. The lowest BCUT2D eigenvalue weighted by molar-refractivity contribution is -0.139. The molecular formula is C15H17NO3S. The second kappa shape index (κ2) is 6.61. The smallest absolute Gasteiger partial charge is 0.310 e. The Morgan fingerprint density at radius 1 is 1.35 bits per heavy atom. The average molecular weight is 291 g/mol. The van der Waals surface area contributed by atoms with Gasteiger partial charge in [0.1, 0.15) is 5.76 Å². The first-order valence-corrected chi connectivity index (χ1v) is 7.29. The highest BCUT2D eigenvalue weighted by molar-refractivity contribution is 7.98. The van der Waals surface area contributed by atoms with Crippen molar-refractivity contribution >= 4 is 17.7 Å². The van der Waals surface area contributed by atoms with Gasteiger partial charge in [0, 0.05) is 16.2 Å². The SMILES string of the molecule is COC(=O)Cc1ccccc1SCc1c(C)noc1C. The van der Waals surface area contributed by atoms with Crippen LogP contribution < -0.4 is 0 Å². The lowest BCUT2D eigenvalue weighted by atomic mass is 10.1. The molecule has 1 aromatic carbocycles. The van der Waals surface area contributed by atoms with E-state index in [2.05, 4.69) is 5.16 Å². The van der Waals surface area contributed by atoms with Gasteiger partial charge in [-0.05, 0) is 25.5 Å². The molecule has 4 nitrogen and oxygen atoms in total. The van der Waals surface area contributed by atoms with Gasteiger partial charge in [-0.2, -0.15) is 0 Å². The van der Waals surface area contributed by atoms with Gasteiger partial charge in [-0.3, -0.25) is 4.79 Å². The van der Waals surface area contributed by atoms with E-state index in [-0.39, 0.29) is 5.97 Å². The molecule has 1 aromatic heterocycles. The van der Waals surface area contributed by atoms with Crippen LogP contribution in [0.25, 0.3) is 0 Å². The predicted molar refractivity (Wildman–Crippen MR) is 77.7 cm³/mol. The van der Waals surface area contributed by atoms with Gasteiger partial charge in [0.25, 0.3) is 0 Å². The lowest BCUT2D eigenvalue weighted by Gasteiger charge is -2.08. The number of hydrogen-bond acceptors (Lipinski definition) is 5. The first-order valence-electron chi connectivity index (χ1n) is 6.31. The molecule has 0 bridgehead atoms. The third-order valence-electron chi connectivity index (χ3n) is 3.09. The third-order valence-corrected chi connectivity index (χ3v) is 4.23. The summed E-state index contributed by atoms with van der Waals surface area (Å²) in [5, 5.41) is 3.95. The minimum Gasteiger partial charge on any atom is -0.469 e. The molecule has 0 unspecified atom stereocenters. The summed E-state index contributed by atoms with van der Waals surface area (Å²) in [5.74, 6) is 1.40. The number of thioether (sulfide) groups is 1. The van der Waals surface area contributed by atoms with E-state index in [1.807, 2.05) is 38.1 Å². The van der Waals surface area contributed by atoms with Crippen LogP contribution in [0.1, 0.15) is 22.6 Å². The lowest BCUT2D eigenvalue weighted by Crippen LogP contribution is -2.05. The van der Waals surface area contributed by atoms with E-state index >= 15 is 0 Å². The van der Waals surface area contributed by atoms with E-state index in [0.29, 0.717) is 6.42 Å². The molecule has 0 fully saturated rings. The fourth-order valence-corrected chi connectivity index (χ4v) is 3.09. The highest BCUT2D eigenvalue weighted by atomic mass is 32.2. The summed E-state index contributed by atoms with van der Waals surface area (Å²) < 4.78 is 9.88. The van der Waals surface area contributed by atoms with Gasteiger partial charge in [0.2, 0.25) is 0 Å². The predicted octanol–water partition coefficient (Wildman–Crippen LogP) is 3.30. The number of esters is 1. The number of ether oxygens (including phenoxy) is 1. The quantitative estimate of drug-likeness (QED) is 0.625. The number of methoxy groups -OCH3 is 1. The number of nitrogens with zero attached hydrogens (tertiary/aromatic N) is 1. The van der Waals surface area contributed by atoms with Gasteiger partial charge in [-0.1, -0.05) is 23.4 Å². The summed E-state index contributed by atoms with van der Waals surface area (Å²) >= 11 is 1.68. The molecule has 0 spiro atoms. The Kier molecular flexibility index (Phi) is 4.84. The first-order chi connectivity index (χ1) is 9.61. The van der Waals surface area contributed by atoms with E-state index in [9.17, 15) is 4.79 Å². The van der Waals surface area contributed by atoms with E-state index in [1.54, 1.807) is 11.8 Å². The minimum atomic E-state index is -0.226. The van der Waals surface area contributed by atoms with Gasteiger partial charge in [-0.15, -0.1) is 11.8 Å². The Morgan fingerprint density at radius 2 is 2.10 bits per heavy atom. The Bertz CT molecular complexity index is 587. The monoisotopic (exact) mass is 291 g/mol. The van der Waals surface area contributed by atoms with Crippen LogP contribution in [0.3, 0.4) is 0 Å². The van der Waals surface area contributed by atoms with Crippen LogP contribution >= 0.6 is 11.8 Å². The van der Waals surface area contributed by atoms with Crippen molar-refractivity contribution < 1.29 is 14.1 Å². The molecule has 5 heteroatoms. The van der Waals surface area contributed by atoms with Crippen molar-refractivity contribution in [2.45, 2.75) is 30.9 Å². The van der Waals surface area contributed by atoms with Crippen LogP contribution in [0.2, 0.25) is 0 Å². The number of hydrogen-bond donors (Lipinski definition) is 0. The standard InChI is InChI=1S/C15H17NO3S/c1-10-13(11(2)19-16-10)9-20-14-7-5-4-6-12(14)8-15(17)18-3/h4-7H,8-9H2,1-3H3. The Hall–Kier alpha value is -1.75. The average Bonchev–Trinajstić information content (AvgIpc) is 2.77. The van der Waals surface area contributed by atoms with Gasteiger partial charge < -0.3 is 9.26 Å². The molecule has 0 saturated carbocycles. The summed E-state index contributed by atoms with van der Waals surface area (Å²) in [6.07, 6.45) is 0.293. The molecule has 0 aliphatic rings. The summed E-state index contributed by atoms with van der Waals surface area (Å²) in [7, 11) is 1.40. The second-order valence-corrected chi connectivity index (χ2v) is 5.47. The minimum absolute atomic E-state index is 0.226. The largest absolute Gasteiger partial charge is 0.469 e. The number of carbonyl (C=O) groups is 1. The van der Waals surface area contributed by atoms with Crippen LogP contribution in [0, 0.1) is 13.8 Å². The number of aromatic nitrogens is 1. The summed E-state index contributed by atoms with van der Waals surface area (Å²) in [4.78, 5) is 12.5. The van der Waals surface area contributed by atoms with Crippen molar-refractivity contribution in [2.24, 2.45) is 0 Å². The van der Waals surface area contributed by atoms with E-state index < -0.39 is 0 Å². The van der Waals surface area contributed by atoms with Crippen molar-refractivity contribution in [1.82, 2.24) is 5.16 Å². The summed E-state index contributed by atoms with van der Waals surface area (Å²) in [6.45, 7) is 3.85. The Morgan fingerprint density at radius 3 is 2.75 bits per heavy atom. The molecule has 0 saturated heterocycles. The van der Waals surface area contributed by atoms with Crippen molar-refractivity contribution in [3.63, 3.8) is 0 Å². The van der Waals surface area contributed by atoms with Gasteiger partial charge in [-0.25, -0.2) is 0 Å². The highest BCUT2D eigenvalue weighted by Crippen LogP contribution is 2.29. The zero-order valence-electron chi connectivity index (χ0n) is 11.8. The maximum absolute atomic E-state index is 11.4. The van der Waals surface area contributed by atoms with Crippen molar-refractivity contribution in [1.29, 1.82) is 0 Å². The molecule has 0 aliphatic carbocycles. The fraction of sp³-hybridized carbons (Fsp3) is 0.333. The molecule has 0 radical (unpaired) electrons. The number of benzene rings is 1. The number of carbonyl (C=O) groups excluding carboxylic acids is 1. The van der Waals surface area contributed by atoms with Crippen molar-refractivity contribution in [2.75, 3.05) is 7.11 Å². The summed E-state index contributed by atoms with van der Waals surface area (Å²) in [6, 6.07) is 7.86. The van der Waals surface area contributed by atoms with Crippen LogP contribution in [-0.2, 0) is 21.7 Å². The molecule has 0 atom stereocenters. The Balaban J connectivity index is 2.11. The zero-order valence-corrected chi connectivity index (χ0v) is 12.6. The second-order valence-electron chi connectivity index (χ2n) is 4.45. The molecule has 0 amide bonds. The van der Waals surface area contributed by atoms with Crippen LogP contribution in [0.5, 0.6) is 0 Å². The van der Waals surface area contributed by atoms with Crippen molar-refractivity contribution in [3.05, 3.63) is 46.8 Å². The fourth-order valence-electron chi connectivity index (χ4n) is 1.88. The number of aryl methyl sites for hydroxylation is 2. The maximum atomic E-state index is 11.4. The van der Waals surface area contributed by atoms with E-state index in [0.717, 1.165) is 33.2 Å². The normalized spacial score (nSPS) is 10.6. The molecular weight excluding hydrogens is 274 g/mol. The van der Waals surface area contributed by atoms with Crippen LogP contribution in [-0.4, -0.2) is 18.2 Å². The third kappa shape index (κ3) is 3.42. The highest BCUT2D eigenvalue weighted by Gasteiger charge is 2.12. The van der Waals surface area contributed by atoms with Gasteiger partial charge in [0.05, 0.1) is 19.2 Å². The van der Waals surface area contributed by atoms with E-state index in [1.165, 1.54) is 7.11 Å². The van der Waals surface area contributed by atoms with Gasteiger partial charge >= 0.3 is 5.97 Å². The van der Waals surface area contributed by atoms with Crippen molar-refractivity contribution in [3.8, 4) is 0 Å². The topological polar surface area (TPSA) is 52.3 Å². The molecule has 1 heterocycles. The molecule has 2 rings (SSSR count). The van der Waals surface area contributed by atoms with Crippen LogP contribution in [0.4, 0.5) is 0 Å². The first kappa shape index (κ1) is 14.7. The Labute approximate surface area is 122 Å². The molecule has 20 heavy (non-hydrogen) atoms.